The first-order valence-corrected chi connectivity index (χ1v) is 7.20. The van der Waals surface area contributed by atoms with Crippen LogP contribution in [0.2, 0.25) is 0 Å². The van der Waals surface area contributed by atoms with Gasteiger partial charge in [-0.15, -0.1) is 0 Å². The summed E-state index contributed by atoms with van der Waals surface area (Å²) in [5, 5.41) is 22.7. The summed E-state index contributed by atoms with van der Waals surface area (Å²) in [4.78, 5) is 47.7. The monoisotopic (exact) mass is 331 g/mol. The molecule has 1 saturated heterocycles. The largest absolute Gasteiger partial charge is 0.481 e. The average Bonchev–Trinajstić information content (AvgIpc) is 3.10. The zero-order chi connectivity index (χ0) is 17.4. The van der Waals surface area contributed by atoms with Crippen molar-refractivity contribution in [3.63, 3.8) is 0 Å². The van der Waals surface area contributed by atoms with Gasteiger partial charge in [-0.25, -0.2) is 0 Å². The number of aliphatic carboxylic acids is 1. The first-order valence-electron chi connectivity index (χ1n) is 7.20. The number of hydrogen-bond donors (Lipinski definition) is 2. The van der Waals surface area contributed by atoms with Gasteiger partial charge in [-0.05, 0) is 12.1 Å². The minimum atomic E-state index is -1.18. The van der Waals surface area contributed by atoms with Crippen molar-refractivity contribution in [2.24, 2.45) is 5.92 Å². The van der Waals surface area contributed by atoms with Gasteiger partial charge in [-0.3, -0.25) is 29.4 Å². The molecule has 2 aliphatic rings. The second kappa shape index (κ2) is 5.76. The first-order chi connectivity index (χ1) is 11.4. The van der Waals surface area contributed by atoms with Crippen LogP contribution >= 0.6 is 0 Å². The number of nitro groups is 1. The smallest absolute Gasteiger partial charge is 0.304 e. The van der Waals surface area contributed by atoms with Crippen LogP contribution in [-0.4, -0.2) is 45.7 Å². The van der Waals surface area contributed by atoms with Gasteiger partial charge in [0.05, 0.1) is 22.8 Å². The normalized spacial score (nSPS) is 19.2. The van der Waals surface area contributed by atoms with E-state index in [1.165, 1.54) is 29.2 Å². The van der Waals surface area contributed by atoms with Crippen LogP contribution in [0.1, 0.15) is 16.8 Å². The highest BCUT2D eigenvalue weighted by Crippen LogP contribution is 2.35. The Hall–Kier alpha value is -3.23. The molecular weight excluding hydrogens is 318 g/mol. The molecule has 0 saturated carbocycles. The van der Waals surface area contributed by atoms with Crippen LogP contribution in [0, 0.1) is 16.0 Å². The molecule has 1 amide bonds. The third-order valence-corrected chi connectivity index (χ3v) is 4.03. The van der Waals surface area contributed by atoms with E-state index < -0.39 is 34.9 Å². The summed E-state index contributed by atoms with van der Waals surface area (Å²) in [6.45, 7) is 0.860. The summed E-state index contributed by atoms with van der Waals surface area (Å²) in [7, 11) is 0. The molecule has 0 unspecified atom stereocenters. The van der Waals surface area contributed by atoms with Crippen LogP contribution in [0.4, 0.5) is 5.69 Å². The molecule has 1 fully saturated rings. The lowest BCUT2D eigenvalue weighted by atomic mass is 9.90. The number of carbonyl (C=O) groups is 3. The molecule has 0 aromatic heterocycles. The van der Waals surface area contributed by atoms with Crippen molar-refractivity contribution in [2.45, 2.75) is 6.42 Å². The van der Waals surface area contributed by atoms with Crippen LogP contribution in [-0.2, 0) is 9.59 Å². The fraction of sp³-hybridized carbons (Fsp3) is 0.267. The van der Waals surface area contributed by atoms with Gasteiger partial charge in [0, 0.05) is 30.8 Å². The summed E-state index contributed by atoms with van der Waals surface area (Å²) in [5.41, 5.74) is 0.116. The number of hydrogen-bond acceptors (Lipinski definition) is 6. The molecule has 24 heavy (non-hydrogen) atoms. The predicted molar refractivity (Wildman–Crippen MR) is 79.9 cm³/mol. The van der Waals surface area contributed by atoms with Gasteiger partial charge in [-0.1, -0.05) is 0 Å². The lowest BCUT2D eigenvalue weighted by molar-refractivity contribution is -0.384. The Labute approximate surface area is 135 Å². The fourth-order valence-corrected chi connectivity index (χ4v) is 2.95. The van der Waals surface area contributed by atoms with Crippen LogP contribution in [0.25, 0.3) is 0 Å². The predicted octanol–water partition coefficient (Wildman–Crippen LogP) is 0.525. The Kier molecular flexibility index (Phi) is 3.76. The third kappa shape index (κ3) is 2.49. The Bertz CT molecular complexity index is 783. The second-order valence-electron chi connectivity index (χ2n) is 5.46. The molecule has 1 aromatic rings. The van der Waals surface area contributed by atoms with E-state index in [4.69, 9.17) is 5.11 Å². The molecule has 1 atom stereocenters. The SMILES string of the molecule is O=C(O)C[C@H]1C(=O)N2CCNC2=C1C(=O)c1ccc([N+](=O)[O-])cc1. The lowest BCUT2D eigenvalue weighted by Gasteiger charge is -2.12. The molecule has 0 bridgehead atoms. The molecule has 9 nitrogen and oxygen atoms in total. The summed E-state index contributed by atoms with van der Waals surface area (Å²) in [6.07, 6.45) is -0.478. The minimum Gasteiger partial charge on any atom is -0.481 e. The Balaban J connectivity index is 1.98. The highest BCUT2D eigenvalue weighted by Gasteiger charge is 2.45. The molecule has 9 heteroatoms. The van der Waals surface area contributed by atoms with E-state index in [1.807, 2.05) is 0 Å². The van der Waals surface area contributed by atoms with E-state index in [1.54, 1.807) is 0 Å². The third-order valence-electron chi connectivity index (χ3n) is 4.03. The number of nitrogens with one attached hydrogen (secondary N) is 1. The zero-order valence-electron chi connectivity index (χ0n) is 12.4. The maximum absolute atomic E-state index is 12.8. The molecular formula is C15H13N3O6. The van der Waals surface area contributed by atoms with Gasteiger partial charge in [0.1, 0.15) is 5.82 Å². The van der Waals surface area contributed by atoms with Crippen molar-refractivity contribution in [3.8, 4) is 0 Å². The van der Waals surface area contributed by atoms with Crippen molar-refractivity contribution in [2.75, 3.05) is 13.1 Å². The van der Waals surface area contributed by atoms with Crippen molar-refractivity contribution in [3.05, 3.63) is 51.3 Å². The van der Waals surface area contributed by atoms with Crippen molar-refractivity contribution in [1.29, 1.82) is 0 Å². The zero-order valence-corrected chi connectivity index (χ0v) is 12.4. The number of nitro benzene ring substituents is 1. The molecule has 3 rings (SSSR count). The summed E-state index contributed by atoms with van der Waals surface area (Å²) in [5.74, 6) is -2.80. The highest BCUT2D eigenvalue weighted by atomic mass is 16.6. The number of amides is 1. The fourth-order valence-electron chi connectivity index (χ4n) is 2.95. The van der Waals surface area contributed by atoms with Gasteiger partial charge >= 0.3 is 5.97 Å². The Morgan fingerprint density at radius 3 is 2.58 bits per heavy atom. The van der Waals surface area contributed by atoms with Gasteiger partial charge in [0.2, 0.25) is 5.91 Å². The van der Waals surface area contributed by atoms with E-state index in [0.29, 0.717) is 18.9 Å². The van der Waals surface area contributed by atoms with E-state index >= 15 is 0 Å². The average molecular weight is 331 g/mol. The molecule has 0 aliphatic carbocycles. The highest BCUT2D eigenvalue weighted by molar-refractivity contribution is 6.15. The second-order valence-corrected chi connectivity index (χ2v) is 5.46. The number of carboxylic acids is 1. The van der Waals surface area contributed by atoms with Crippen molar-refractivity contribution >= 4 is 23.3 Å². The van der Waals surface area contributed by atoms with E-state index in [-0.39, 0.29) is 16.8 Å². The molecule has 124 valence electrons. The van der Waals surface area contributed by atoms with Crippen LogP contribution in [0.5, 0.6) is 0 Å². The number of benzene rings is 1. The maximum atomic E-state index is 12.8. The number of carbonyl (C=O) groups excluding carboxylic acids is 2. The molecule has 0 spiro atoms. The molecule has 2 aliphatic heterocycles. The van der Waals surface area contributed by atoms with Gasteiger partial charge in [0.15, 0.2) is 5.78 Å². The van der Waals surface area contributed by atoms with Crippen LogP contribution in [0.15, 0.2) is 35.7 Å². The number of fused-ring (bicyclic) bond motifs is 1. The number of ketones is 1. The number of Topliss-reactive ketones (excluding diaryl/α,β-unsaturated/α-hetero) is 1. The summed E-state index contributed by atoms with van der Waals surface area (Å²) in [6, 6.07) is 4.99. The quantitative estimate of drug-likeness (QED) is 0.457. The van der Waals surface area contributed by atoms with Crippen molar-refractivity contribution < 1.29 is 24.4 Å². The first kappa shape index (κ1) is 15.7. The topological polar surface area (TPSA) is 130 Å². The van der Waals surface area contributed by atoms with E-state index in [0.717, 1.165) is 0 Å². The number of carboxylic acid groups (broad SMARTS) is 1. The number of nitrogens with zero attached hydrogens (tertiary/aromatic N) is 2. The Morgan fingerprint density at radius 2 is 2.00 bits per heavy atom. The molecule has 2 heterocycles. The summed E-state index contributed by atoms with van der Waals surface area (Å²) < 4.78 is 0. The standard InChI is InChI=1S/C15H13N3O6/c19-11(20)7-10-12(14-16-5-6-17(14)15(10)22)13(21)8-1-3-9(4-2-8)18(23)24/h1-4,10,16H,5-7H2,(H,19,20)/t10-/m1/s1. The van der Waals surface area contributed by atoms with Crippen LogP contribution in [0.3, 0.4) is 0 Å². The van der Waals surface area contributed by atoms with Gasteiger partial charge in [-0.2, -0.15) is 0 Å². The minimum absolute atomic E-state index is 0.105. The van der Waals surface area contributed by atoms with Crippen LogP contribution < -0.4 is 5.32 Å². The van der Waals surface area contributed by atoms with E-state index in [9.17, 15) is 24.5 Å². The number of rotatable bonds is 5. The maximum Gasteiger partial charge on any atom is 0.304 e. The molecule has 2 N–H and O–H groups in total. The summed E-state index contributed by atoms with van der Waals surface area (Å²) >= 11 is 0. The van der Waals surface area contributed by atoms with E-state index in [2.05, 4.69) is 5.32 Å². The van der Waals surface area contributed by atoms with Gasteiger partial charge < -0.3 is 10.4 Å². The molecule has 1 aromatic carbocycles. The Morgan fingerprint density at radius 1 is 1.33 bits per heavy atom. The van der Waals surface area contributed by atoms with Crippen molar-refractivity contribution in [1.82, 2.24) is 10.2 Å². The lowest BCUT2D eigenvalue weighted by Crippen LogP contribution is -2.29. The number of non-ortho nitro benzene ring substituents is 1. The van der Waals surface area contributed by atoms with Gasteiger partial charge in [0.25, 0.3) is 5.69 Å². The molecule has 0 radical (unpaired) electrons.